The molecular formula is C28H33N5O5S. The number of anilines is 2. The molecule has 4 heterocycles. The summed E-state index contributed by atoms with van der Waals surface area (Å²) < 4.78 is 35.3. The molecule has 3 aromatic heterocycles. The first-order chi connectivity index (χ1) is 18.4. The zero-order chi connectivity index (χ0) is 27.7. The number of nitrogens with two attached hydrogens (primary N) is 1. The van der Waals surface area contributed by atoms with Crippen LogP contribution in [0.15, 0.2) is 30.6 Å². The summed E-state index contributed by atoms with van der Waals surface area (Å²) in [4.78, 5) is 26.4. The molecule has 0 radical (unpaired) electrons. The van der Waals surface area contributed by atoms with E-state index in [9.17, 15) is 13.2 Å². The summed E-state index contributed by atoms with van der Waals surface area (Å²) in [5.74, 6) is 1.23. The van der Waals surface area contributed by atoms with E-state index in [1.165, 1.54) is 6.26 Å². The fourth-order valence-electron chi connectivity index (χ4n) is 5.55. The molecule has 10 nitrogen and oxygen atoms in total. The summed E-state index contributed by atoms with van der Waals surface area (Å²) in [6.07, 6.45) is 7.73. The van der Waals surface area contributed by atoms with Gasteiger partial charge in [0.1, 0.15) is 23.8 Å². The topological polar surface area (TPSA) is 146 Å². The maximum absolute atomic E-state index is 12.4. The molecule has 3 N–H and O–H groups in total. The van der Waals surface area contributed by atoms with Gasteiger partial charge in [0.05, 0.1) is 27.3 Å². The van der Waals surface area contributed by atoms with E-state index in [2.05, 4.69) is 15.3 Å². The number of nitrogens with one attached hydrogen (secondary N) is 1. The van der Waals surface area contributed by atoms with Crippen molar-refractivity contribution in [3.05, 3.63) is 47.4 Å². The quantitative estimate of drug-likeness (QED) is 0.415. The van der Waals surface area contributed by atoms with E-state index < -0.39 is 15.4 Å². The van der Waals surface area contributed by atoms with Crippen LogP contribution in [0.1, 0.15) is 74.5 Å². The van der Waals surface area contributed by atoms with Crippen molar-refractivity contribution in [3.63, 3.8) is 0 Å². The number of carbonyl (C=O) groups excluding carboxylic acids is 1. The third kappa shape index (κ3) is 4.41. The summed E-state index contributed by atoms with van der Waals surface area (Å²) in [6, 6.07) is 5.43. The number of carbonyl (C=O) groups is 1. The van der Waals surface area contributed by atoms with E-state index in [0.29, 0.717) is 47.7 Å². The highest BCUT2D eigenvalue weighted by atomic mass is 32.2. The lowest BCUT2D eigenvalue weighted by atomic mass is 9.88. The first kappa shape index (κ1) is 25.9. The molecule has 0 unspecified atom stereocenters. The maximum Gasteiger partial charge on any atom is 0.340 e. The Hall–Kier alpha value is -3.31. The molecule has 206 valence electrons. The van der Waals surface area contributed by atoms with Gasteiger partial charge < -0.3 is 20.5 Å². The number of ether oxygens (including phenoxy) is 2. The zero-order valence-electron chi connectivity index (χ0n) is 22.5. The van der Waals surface area contributed by atoms with Crippen molar-refractivity contribution >= 4 is 38.2 Å². The fourth-order valence-corrected chi connectivity index (χ4v) is 6.68. The molecule has 1 aliphatic heterocycles. The number of nitrogens with zero attached hydrogens (tertiary/aromatic N) is 3. The number of fused-ring (bicyclic) bond motifs is 3. The number of rotatable bonds is 7. The highest BCUT2D eigenvalue weighted by molar-refractivity contribution is 7.91. The highest BCUT2D eigenvalue weighted by Crippen LogP contribution is 2.54. The van der Waals surface area contributed by atoms with Gasteiger partial charge in [-0.25, -0.2) is 28.2 Å². The molecule has 3 aromatic rings. The average molecular weight is 552 g/mol. The molecule has 11 heteroatoms. The lowest BCUT2D eigenvalue weighted by Crippen LogP contribution is -2.42. The fraction of sp³-hybridized carbons (Fsp3) is 0.500. The average Bonchev–Trinajstić information content (AvgIpc) is 3.66. The van der Waals surface area contributed by atoms with Gasteiger partial charge in [0, 0.05) is 37.0 Å². The van der Waals surface area contributed by atoms with Crippen molar-refractivity contribution in [3.8, 4) is 5.88 Å². The Kier molecular flexibility index (Phi) is 5.89. The minimum absolute atomic E-state index is 0.202. The van der Waals surface area contributed by atoms with Crippen LogP contribution < -0.4 is 15.8 Å². The second-order valence-electron chi connectivity index (χ2n) is 11.4. The maximum atomic E-state index is 12.4. The van der Waals surface area contributed by atoms with Crippen molar-refractivity contribution in [2.24, 2.45) is 5.73 Å². The Morgan fingerprint density at radius 3 is 2.59 bits per heavy atom. The smallest absolute Gasteiger partial charge is 0.340 e. The molecule has 2 fully saturated rings. The van der Waals surface area contributed by atoms with Crippen LogP contribution in [-0.2, 0) is 25.5 Å². The summed E-state index contributed by atoms with van der Waals surface area (Å²) in [7, 11) is -3.08. The van der Waals surface area contributed by atoms with Crippen molar-refractivity contribution in [2.75, 3.05) is 11.6 Å². The van der Waals surface area contributed by atoms with Crippen molar-refractivity contribution < 1.29 is 22.7 Å². The normalized spacial score (nSPS) is 24.8. The number of hydrogen-bond donors (Lipinski definition) is 2. The van der Waals surface area contributed by atoms with Gasteiger partial charge in [-0.2, -0.15) is 0 Å². The number of aromatic nitrogens is 3. The van der Waals surface area contributed by atoms with Crippen LogP contribution in [0.3, 0.4) is 0 Å². The summed E-state index contributed by atoms with van der Waals surface area (Å²) in [5, 5.41) is 4.47. The molecule has 2 aliphatic carbocycles. The van der Waals surface area contributed by atoms with Gasteiger partial charge in [0.2, 0.25) is 5.88 Å². The van der Waals surface area contributed by atoms with Crippen molar-refractivity contribution in [1.82, 2.24) is 15.0 Å². The van der Waals surface area contributed by atoms with Crippen LogP contribution in [0.2, 0.25) is 0 Å². The zero-order valence-corrected chi connectivity index (χ0v) is 23.3. The first-order valence-corrected chi connectivity index (χ1v) is 15.3. The third-order valence-corrected chi connectivity index (χ3v) is 10.3. The molecule has 1 spiro atoms. The second-order valence-corrected chi connectivity index (χ2v) is 13.8. The van der Waals surface area contributed by atoms with Gasteiger partial charge in [0.15, 0.2) is 9.84 Å². The molecule has 2 atom stereocenters. The summed E-state index contributed by atoms with van der Waals surface area (Å²) >= 11 is 0. The Bertz CT molecular complexity index is 1600. The van der Waals surface area contributed by atoms with E-state index in [0.717, 1.165) is 29.5 Å². The van der Waals surface area contributed by atoms with Gasteiger partial charge in [-0.05, 0) is 62.3 Å². The van der Waals surface area contributed by atoms with Crippen LogP contribution >= 0.6 is 0 Å². The van der Waals surface area contributed by atoms with Gasteiger partial charge in [-0.15, -0.1) is 0 Å². The first-order valence-electron chi connectivity index (χ1n) is 13.3. The number of esters is 1. The number of cyclic esters (lactones) is 1. The monoisotopic (exact) mass is 551 g/mol. The Balaban J connectivity index is 1.34. The Labute approximate surface area is 227 Å². The van der Waals surface area contributed by atoms with E-state index in [4.69, 9.17) is 20.2 Å². The van der Waals surface area contributed by atoms with Crippen LogP contribution in [0.4, 0.5) is 11.6 Å². The molecule has 3 aliphatic rings. The Morgan fingerprint density at radius 2 is 1.92 bits per heavy atom. The molecule has 6 rings (SSSR count). The van der Waals surface area contributed by atoms with Gasteiger partial charge >= 0.3 is 5.97 Å². The molecule has 39 heavy (non-hydrogen) atoms. The molecule has 2 saturated carbocycles. The van der Waals surface area contributed by atoms with Gasteiger partial charge in [-0.1, -0.05) is 6.92 Å². The predicted octanol–water partition coefficient (Wildman–Crippen LogP) is 3.90. The standard InChI is InChI=1S/C28H33N5O5S/c1-5-27(3,29)21-14-31-25(38-16-10-17(11-16)39(4,35)36)20-13-30-23(12-19(20)21)32-22-7-6-18-24(33-22)28(8-9-28)15(2)37-26(18)34/h6-7,12-17H,5,8-11,29H2,1-4H3,(H,30,32,33)/t15-,16-,17+,27+/m0/s1. The molecule has 0 bridgehead atoms. The molecule has 0 saturated heterocycles. The molecule has 0 aromatic carbocycles. The third-order valence-electron chi connectivity index (χ3n) is 8.71. The molecular weight excluding hydrogens is 518 g/mol. The number of pyridine rings is 3. The summed E-state index contributed by atoms with van der Waals surface area (Å²) in [6.45, 7) is 5.91. The number of hydrogen-bond acceptors (Lipinski definition) is 10. The predicted molar refractivity (Wildman–Crippen MR) is 147 cm³/mol. The lowest BCUT2D eigenvalue weighted by Gasteiger charge is -2.34. The summed E-state index contributed by atoms with van der Waals surface area (Å²) in [5.41, 5.74) is 7.97. The van der Waals surface area contributed by atoms with Gasteiger partial charge in [-0.3, -0.25) is 0 Å². The van der Waals surface area contributed by atoms with E-state index in [1.807, 2.05) is 26.8 Å². The van der Waals surface area contributed by atoms with Gasteiger partial charge in [0.25, 0.3) is 0 Å². The molecule has 0 amide bonds. The van der Waals surface area contributed by atoms with E-state index in [1.54, 1.807) is 24.5 Å². The van der Waals surface area contributed by atoms with Crippen LogP contribution in [-0.4, -0.2) is 53.1 Å². The Morgan fingerprint density at radius 1 is 1.18 bits per heavy atom. The van der Waals surface area contributed by atoms with E-state index >= 15 is 0 Å². The van der Waals surface area contributed by atoms with Crippen molar-refractivity contribution in [2.45, 2.75) is 81.3 Å². The van der Waals surface area contributed by atoms with Crippen LogP contribution in [0.25, 0.3) is 10.8 Å². The van der Waals surface area contributed by atoms with Crippen LogP contribution in [0.5, 0.6) is 5.88 Å². The second kappa shape index (κ2) is 8.85. The SMILES string of the molecule is CC[C@@](C)(N)c1cnc(O[C@H]2C[C@@H](S(C)(=O)=O)C2)c2cnc(Nc3ccc4c(n3)C3(CC3)[C@H](C)OC4=O)cc12. The van der Waals surface area contributed by atoms with Crippen molar-refractivity contribution in [1.29, 1.82) is 0 Å². The largest absolute Gasteiger partial charge is 0.474 e. The van der Waals surface area contributed by atoms with E-state index in [-0.39, 0.29) is 28.8 Å². The minimum atomic E-state index is -3.08. The van der Waals surface area contributed by atoms with Crippen LogP contribution in [0, 0.1) is 0 Å². The lowest BCUT2D eigenvalue weighted by molar-refractivity contribution is 0.0183. The minimum Gasteiger partial charge on any atom is -0.474 e. The number of sulfone groups is 1. The highest BCUT2D eigenvalue weighted by Gasteiger charge is 2.56.